The van der Waals surface area contributed by atoms with Crippen molar-refractivity contribution in [1.82, 2.24) is 9.55 Å². The average molecular weight is 342 g/mol. The standard InChI is InChI=1S/C17H14N2O2S2/c1-4-9-19-15-14(23-17(18-15)22-3)13(20)12(16(19)21)11-8-6-5-7-10(11)2/h1,5-8,20H,9H2,2-3H3. The smallest absolute Gasteiger partial charge is 0.264 e. The van der Waals surface area contributed by atoms with Gasteiger partial charge in [-0.3, -0.25) is 9.36 Å². The molecule has 1 N–H and O–H groups in total. The molecule has 3 rings (SSSR count). The highest BCUT2D eigenvalue weighted by molar-refractivity contribution is 8.00. The van der Waals surface area contributed by atoms with Crippen LogP contribution in [0.4, 0.5) is 0 Å². The molecule has 116 valence electrons. The SMILES string of the molecule is C#CCn1c(=O)c(-c2ccccc2C)c(O)c2sc(SC)nc21. The quantitative estimate of drug-likeness (QED) is 0.585. The highest BCUT2D eigenvalue weighted by Crippen LogP contribution is 2.39. The first kappa shape index (κ1) is 15.7. The molecule has 0 bridgehead atoms. The van der Waals surface area contributed by atoms with E-state index in [1.165, 1.54) is 27.7 Å². The lowest BCUT2D eigenvalue weighted by atomic mass is 10.0. The Morgan fingerprint density at radius 1 is 1.43 bits per heavy atom. The van der Waals surface area contributed by atoms with Gasteiger partial charge in [0.25, 0.3) is 5.56 Å². The Morgan fingerprint density at radius 3 is 2.83 bits per heavy atom. The Bertz CT molecular complexity index is 996. The van der Waals surface area contributed by atoms with Crippen LogP contribution < -0.4 is 5.56 Å². The molecule has 2 aromatic heterocycles. The first-order valence-corrected chi connectivity index (χ1v) is 8.92. The monoisotopic (exact) mass is 342 g/mol. The largest absolute Gasteiger partial charge is 0.505 e. The maximum Gasteiger partial charge on any atom is 0.264 e. The van der Waals surface area contributed by atoms with Crippen LogP contribution in [0.5, 0.6) is 5.75 Å². The number of pyridine rings is 1. The molecule has 0 saturated carbocycles. The number of terminal acetylenes is 1. The van der Waals surface area contributed by atoms with E-state index in [4.69, 9.17) is 6.42 Å². The summed E-state index contributed by atoms with van der Waals surface area (Å²) in [7, 11) is 0. The molecule has 0 spiro atoms. The lowest BCUT2D eigenvalue weighted by Crippen LogP contribution is -2.22. The third kappa shape index (κ3) is 2.52. The fourth-order valence-electron chi connectivity index (χ4n) is 2.50. The molecule has 0 atom stereocenters. The van der Waals surface area contributed by atoms with Gasteiger partial charge < -0.3 is 5.11 Å². The van der Waals surface area contributed by atoms with Crippen molar-refractivity contribution in [3.05, 3.63) is 40.2 Å². The maximum atomic E-state index is 12.9. The van der Waals surface area contributed by atoms with Crippen LogP contribution in [-0.2, 0) is 6.54 Å². The first-order valence-electron chi connectivity index (χ1n) is 6.88. The molecule has 0 aliphatic rings. The molecule has 6 heteroatoms. The molecule has 0 fully saturated rings. The zero-order chi connectivity index (χ0) is 16.6. The van der Waals surface area contributed by atoms with Crippen molar-refractivity contribution >= 4 is 33.4 Å². The van der Waals surface area contributed by atoms with E-state index in [2.05, 4.69) is 10.9 Å². The van der Waals surface area contributed by atoms with Crippen molar-refractivity contribution in [2.45, 2.75) is 17.8 Å². The number of benzene rings is 1. The van der Waals surface area contributed by atoms with Crippen LogP contribution in [-0.4, -0.2) is 20.9 Å². The van der Waals surface area contributed by atoms with E-state index in [0.717, 1.165) is 9.90 Å². The number of aryl methyl sites for hydroxylation is 1. The van der Waals surface area contributed by atoms with E-state index in [0.29, 0.717) is 15.9 Å². The Labute approximate surface area is 141 Å². The fraction of sp³-hybridized carbons (Fsp3) is 0.176. The number of nitrogens with zero attached hydrogens (tertiary/aromatic N) is 2. The fourth-order valence-corrected chi connectivity index (χ4v) is 4.01. The van der Waals surface area contributed by atoms with Crippen molar-refractivity contribution in [3.63, 3.8) is 0 Å². The summed E-state index contributed by atoms with van der Waals surface area (Å²) in [6, 6.07) is 7.47. The number of aromatic nitrogens is 2. The van der Waals surface area contributed by atoms with Gasteiger partial charge in [-0.05, 0) is 24.3 Å². The predicted octanol–water partition coefficient (Wildman–Crippen LogP) is 3.49. The van der Waals surface area contributed by atoms with E-state index < -0.39 is 0 Å². The molecule has 0 aliphatic heterocycles. The summed E-state index contributed by atoms with van der Waals surface area (Å²) in [4.78, 5) is 17.3. The second kappa shape index (κ2) is 6.11. The van der Waals surface area contributed by atoms with Crippen LogP contribution in [0.3, 0.4) is 0 Å². The van der Waals surface area contributed by atoms with E-state index in [9.17, 15) is 9.90 Å². The van der Waals surface area contributed by atoms with Crippen molar-refractivity contribution in [3.8, 4) is 29.2 Å². The summed E-state index contributed by atoms with van der Waals surface area (Å²) in [5.74, 6) is 2.47. The van der Waals surface area contributed by atoms with E-state index >= 15 is 0 Å². The van der Waals surface area contributed by atoms with Crippen molar-refractivity contribution in [1.29, 1.82) is 0 Å². The normalized spacial score (nSPS) is 10.8. The summed E-state index contributed by atoms with van der Waals surface area (Å²) in [5, 5.41) is 10.7. The molecule has 0 amide bonds. The Hall–Kier alpha value is -2.23. The minimum absolute atomic E-state index is 0.0228. The molecular formula is C17H14N2O2S2. The van der Waals surface area contributed by atoms with Crippen LogP contribution in [0.25, 0.3) is 21.5 Å². The van der Waals surface area contributed by atoms with Gasteiger partial charge >= 0.3 is 0 Å². The highest BCUT2D eigenvalue weighted by atomic mass is 32.2. The van der Waals surface area contributed by atoms with Gasteiger partial charge in [0.05, 0.1) is 12.1 Å². The second-order valence-electron chi connectivity index (χ2n) is 4.97. The molecule has 2 heterocycles. The van der Waals surface area contributed by atoms with Gasteiger partial charge in [-0.25, -0.2) is 4.98 Å². The van der Waals surface area contributed by atoms with Crippen LogP contribution in [0, 0.1) is 19.3 Å². The van der Waals surface area contributed by atoms with Crippen LogP contribution in [0.2, 0.25) is 0 Å². The van der Waals surface area contributed by atoms with Crippen molar-refractivity contribution in [2.24, 2.45) is 0 Å². The van der Waals surface area contributed by atoms with Crippen LogP contribution in [0.15, 0.2) is 33.4 Å². The van der Waals surface area contributed by atoms with Gasteiger partial charge in [0.15, 0.2) is 9.99 Å². The first-order chi connectivity index (χ1) is 11.1. The maximum absolute atomic E-state index is 12.9. The van der Waals surface area contributed by atoms with Gasteiger partial charge in [0, 0.05) is 0 Å². The third-order valence-electron chi connectivity index (χ3n) is 3.59. The summed E-state index contributed by atoms with van der Waals surface area (Å²) < 4.78 is 2.82. The molecule has 23 heavy (non-hydrogen) atoms. The van der Waals surface area contributed by atoms with Crippen molar-refractivity contribution < 1.29 is 5.11 Å². The number of fused-ring (bicyclic) bond motifs is 1. The number of rotatable bonds is 3. The van der Waals surface area contributed by atoms with Gasteiger partial charge in [-0.15, -0.1) is 17.8 Å². The Morgan fingerprint density at radius 2 is 2.17 bits per heavy atom. The summed E-state index contributed by atoms with van der Waals surface area (Å²) in [6.45, 7) is 2.02. The Balaban J connectivity index is 2.46. The van der Waals surface area contributed by atoms with Gasteiger partial charge in [0.2, 0.25) is 0 Å². The lowest BCUT2D eigenvalue weighted by molar-refractivity contribution is 0.482. The van der Waals surface area contributed by atoms with Crippen LogP contribution >= 0.6 is 23.1 Å². The topological polar surface area (TPSA) is 55.1 Å². The minimum Gasteiger partial charge on any atom is -0.505 e. The molecule has 4 nitrogen and oxygen atoms in total. The number of hydrogen-bond acceptors (Lipinski definition) is 5. The van der Waals surface area contributed by atoms with Crippen molar-refractivity contribution in [2.75, 3.05) is 6.26 Å². The van der Waals surface area contributed by atoms with E-state index in [1.807, 2.05) is 37.4 Å². The molecule has 3 aromatic rings. The Kier molecular flexibility index (Phi) is 4.16. The molecule has 0 unspecified atom stereocenters. The van der Waals surface area contributed by atoms with E-state index in [-0.39, 0.29) is 23.4 Å². The zero-order valence-electron chi connectivity index (χ0n) is 12.7. The minimum atomic E-state index is -0.319. The second-order valence-corrected chi connectivity index (χ2v) is 7.02. The van der Waals surface area contributed by atoms with Gasteiger partial charge in [-0.1, -0.05) is 41.9 Å². The highest BCUT2D eigenvalue weighted by Gasteiger charge is 2.21. The zero-order valence-corrected chi connectivity index (χ0v) is 14.3. The number of hydrogen-bond donors (Lipinski definition) is 1. The average Bonchev–Trinajstić information content (AvgIpc) is 2.98. The molecule has 0 saturated heterocycles. The number of aromatic hydroxyl groups is 1. The molecular weight excluding hydrogens is 328 g/mol. The number of thiazole rings is 1. The third-order valence-corrected chi connectivity index (χ3v) is 5.63. The molecule has 0 aliphatic carbocycles. The van der Waals surface area contributed by atoms with E-state index in [1.54, 1.807) is 0 Å². The summed E-state index contributed by atoms with van der Waals surface area (Å²) in [5.41, 5.74) is 2.03. The summed E-state index contributed by atoms with van der Waals surface area (Å²) >= 11 is 2.83. The lowest BCUT2D eigenvalue weighted by Gasteiger charge is -2.11. The molecule has 1 aromatic carbocycles. The number of thioether (sulfide) groups is 1. The van der Waals surface area contributed by atoms with Gasteiger partial charge in [-0.2, -0.15) is 0 Å². The van der Waals surface area contributed by atoms with Gasteiger partial charge in [0.1, 0.15) is 10.4 Å². The van der Waals surface area contributed by atoms with Crippen LogP contribution in [0.1, 0.15) is 5.56 Å². The summed E-state index contributed by atoms with van der Waals surface area (Å²) in [6.07, 6.45) is 7.32. The molecule has 0 radical (unpaired) electrons. The predicted molar refractivity (Wildman–Crippen MR) is 96.3 cm³/mol.